The smallest absolute Gasteiger partial charge is 0.329 e. The van der Waals surface area contributed by atoms with Crippen LogP contribution in [0.2, 0.25) is 0 Å². The fourth-order valence-corrected chi connectivity index (χ4v) is 2.51. The van der Waals surface area contributed by atoms with E-state index in [4.69, 9.17) is 0 Å². The van der Waals surface area contributed by atoms with Crippen LogP contribution < -0.4 is 0 Å². The normalized spacial score (nSPS) is 23.2. The topological polar surface area (TPSA) is 70.5 Å². The van der Waals surface area contributed by atoms with Crippen molar-refractivity contribution in [2.45, 2.75) is 38.6 Å². The number of carboxylic acids is 1. The number of carbonyl (C=O) groups excluding carboxylic acids is 1. The number of pyridine rings is 1. The van der Waals surface area contributed by atoms with Crippen molar-refractivity contribution in [2.24, 2.45) is 0 Å². The molecule has 0 saturated carbocycles. The Morgan fingerprint density at radius 2 is 2.16 bits per heavy atom. The average Bonchev–Trinajstić information content (AvgIpc) is 2.39. The Bertz CT molecular complexity index is 515. The van der Waals surface area contributed by atoms with Crippen LogP contribution in [0.5, 0.6) is 0 Å². The minimum absolute atomic E-state index is 0.289. The largest absolute Gasteiger partial charge is 0.480 e. The van der Waals surface area contributed by atoms with Gasteiger partial charge in [-0.15, -0.1) is 0 Å². The van der Waals surface area contributed by atoms with Gasteiger partial charge in [-0.05, 0) is 44.7 Å². The number of carboxylic acid groups (broad SMARTS) is 1. The number of rotatable bonds is 2. The van der Waals surface area contributed by atoms with Crippen LogP contribution in [-0.4, -0.2) is 39.0 Å². The summed E-state index contributed by atoms with van der Waals surface area (Å²) in [6, 6.07) is 3.57. The second kappa shape index (κ2) is 4.99. The predicted octanol–water partition coefficient (Wildman–Crippen LogP) is 1.86. The van der Waals surface area contributed by atoms with Gasteiger partial charge in [-0.2, -0.15) is 0 Å². The van der Waals surface area contributed by atoms with Gasteiger partial charge >= 0.3 is 5.97 Å². The summed E-state index contributed by atoms with van der Waals surface area (Å²) in [6.45, 7) is 3.89. The number of piperidine rings is 1. The maximum atomic E-state index is 12.5. The van der Waals surface area contributed by atoms with Crippen LogP contribution in [-0.2, 0) is 4.79 Å². The van der Waals surface area contributed by atoms with E-state index in [2.05, 4.69) is 4.98 Å². The minimum atomic E-state index is -1.13. The molecule has 1 aromatic heterocycles. The Morgan fingerprint density at radius 1 is 1.42 bits per heavy atom. The number of aromatic nitrogens is 1. The molecule has 1 amide bonds. The molecule has 1 saturated heterocycles. The maximum Gasteiger partial charge on any atom is 0.329 e. The fourth-order valence-electron chi connectivity index (χ4n) is 2.51. The molecule has 1 aliphatic rings. The Hall–Kier alpha value is -1.91. The first kappa shape index (κ1) is 13.5. The highest BCUT2D eigenvalue weighted by molar-refractivity contribution is 5.97. The number of hydrogen-bond donors (Lipinski definition) is 1. The molecule has 0 aromatic carbocycles. The zero-order valence-corrected chi connectivity index (χ0v) is 11.2. The third kappa shape index (κ3) is 2.32. The molecular formula is C14H18N2O3. The maximum absolute atomic E-state index is 12.5. The molecule has 2 rings (SSSR count). The summed E-state index contributed by atoms with van der Waals surface area (Å²) >= 11 is 0. The molecular weight excluding hydrogens is 244 g/mol. The molecule has 2 heterocycles. The molecule has 1 atom stereocenters. The van der Waals surface area contributed by atoms with Crippen LogP contribution in [0.15, 0.2) is 18.3 Å². The SMILES string of the molecule is Cc1cccnc1C(=O)N1CCCCC1(C)C(=O)O. The first-order valence-corrected chi connectivity index (χ1v) is 6.44. The van der Waals surface area contributed by atoms with Crippen molar-refractivity contribution in [1.82, 2.24) is 9.88 Å². The first-order chi connectivity index (χ1) is 8.97. The van der Waals surface area contributed by atoms with E-state index in [0.29, 0.717) is 18.7 Å². The molecule has 19 heavy (non-hydrogen) atoms. The third-order valence-corrected chi connectivity index (χ3v) is 3.81. The van der Waals surface area contributed by atoms with Gasteiger partial charge in [0.1, 0.15) is 11.2 Å². The van der Waals surface area contributed by atoms with Crippen LogP contribution in [0.1, 0.15) is 42.2 Å². The number of likely N-dealkylation sites (tertiary alicyclic amines) is 1. The molecule has 0 spiro atoms. The average molecular weight is 262 g/mol. The Morgan fingerprint density at radius 3 is 2.79 bits per heavy atom. The van der Waals surface area contributed by atoms with Gasteiger partial charge < -0.3 is 10.0 Å². The van der Waals surface area contributed by atoms with Crippen molar-refractivity contribution in [1.29, 1.82) is 0 Å². The van der Waals surface area contributed by atoms with E-state index in [9.17, 15) is 14.7 Å². The van der Waals surface area contributed by atoms with Crippen molar-refractivity contribution in [3.05, 3.63) is 29.6 Å². The lowest BCUT2D eigenvalue weighted by molar-refractivity contribution is -0.150. The summed E-state index contributed by atoms with van der Waals surface area (Å²) in [5, 5.41) is 9.42. The summed E-state index contributed by atoms with van der Waals surface area (Å²) in [7, 11) is 0. The Balaban J connectivity index is 2.36. The van der Waals surface area contributed by atoms with Crippen molar-refractivity contribution >= 4 is 11.9 Å². The quantitative estimate of drug-likeness (QED) is 0.883. The second-order valence-electron chi connectivity index (χ2n) is 5.16. The number of nitrogens with zero attached hydrogens (tertiary/aromatic N) is 2. The lowest BCUT2D eigenvalue weighted by Gasteiger charge is -2.41. The predicted molar refractivity (Wildman–Crippen MR) is 69.9 cm³/mol. The molecule has 102 valence electrons. The highest BCUT2D eigenvalue weighted by atomic mass is 16.4. The molecule has 0 bridgehead atoms. The van der Waals surface area contributed by atoms with Gasteiger partial charge in [0.05, 0.1) is 0 Å². The van der Waals surface area contributed by atoms with E-state index in [0.717, 1.165) is 18.4 Å². The highest BCUT2D eigenvalue weighted by Gasteiger charge is 2.44. The number of amides is 1. The number of hydrogen-bond acceptors (Lipinski definition) is 3. The van der Waals surface area contributed by atoms with Crippen LogP contribution in [0.3, 0.4) is 0 Å². The van der Waals surface area contributed by atoms with Gasteiger partial charge in [-0.1, -0.05) is 6.07 Å². The second-order valence-corrected chi connectivity index (χ2v) is 5.16. The standard InChI is InChI=1S/C14H18N2O3/c1-10-6-5-8-15-11(10)12(17)16-9-4-3-7-14(16,2)13(18)19/h5-6,8H,3-4,7,9H2,1-2H3,(H,18,19). The lowest BCUT2D eigenvalue weighted by atomic mass is 9.88. The zero-order chi connectivity index (χ0) is 14.0. The van der Waals surface area contributed by atoms with E-state index in [-0.39, 0.29) is 5.91 Å². The lowest BCUT2D eigenvalue weighted by Crippen LogP contribution is -2.57. The molecule has 1 aromatic rings. The summed E-state index contributed by atoms with van der Waals surface area (Å²) in [4.78, 5) is 29.6. The fraction of sp³-hybridized carbons (Fsp3) is 0.500. The van der Waals surface area contributed by atoms with Crippen molar-refractivity contribution < 1.29 is 14.7 Å². The summed E-state index contributed by atoms with van der Waals surface area (Å²) in [6.07, 6.45) is 3.70. The highest BCUT2D eigenvalue weighted by Crippen LogP contribution is 2.29. The van der Waals surface area contributed by atoms with Crippen molar-refractivity contribution in [2.75, 3.05) is 6.54 Å². The van der Waals surface area contributed by atoms with E-state index < -0.39 is 11.5 Å². The first-order valence-electron chi connectivity index (χ1n) is 6.44. The van der Waals surface area contributed by atoms with Crippen LogP contribution in [0.25, 0.3) is 0 Å². The Labute approximate surface area is 112 Å². The van der Waals surface area contributed by atoms with Gasteiger partial charge in [0, 0.05) is 12.7 Å². The van der Waals surface area contributed by atoms with Crippen LogP contribution >= 0.6 is 0 Å². The minimum Gasteiger partial charge on any atom is -0.480 e. The summed E-state index contributed by atoms with van der Waals surface area (Å²) < 4.78 is 0. The molecule has 5 heteroatoms. The zero-order valence-electron chi connectivity index (χ0n) is 11.2. The molecule has 0 aliphatic carbocycles. The molecule has 1 aliphatic heterocycles. The van der Waals surface area contributed by atoms with Gasteiger partial charge in [0.25, 0.3) is 5.91 Å². The van der Waals surface area contributed by atoms with Gasteiger partial charge in [-0.25, -0.2) is 4.79 Å². The third-order valence-electron chi connectivity index (χ3n) is 3.81. The van der Waals surface area contributed by atoms with E-state index in [1.165, 1.54) is 4.90 Å². The molecule has 1 fully saturated rings. The van der Waals surface area contributed by atoms with E-state index in [1.54, 1.807) is 19.2 Å². The summed E-state index contributed by atoms with van der Waals surface area (Å²) in [5.41, 5.74) is -0.0121. The van der Waals surface area contributed by atoms with Gasteiger partial charge in [-0.3, -0.25) is 9.78 Å². The molecule has 1 N–H and O–H groups in total. The molecule has 5 nitrogen and oxygen atoms in total. The van der Waals surface area contributed by atoms with Gasteiger partial charge in [0.2, 0.25) is 0 Å². The summed E-state index contributed by atoms with van der Waals surface area (Å²) in [5.74, 6) is -1.24. The van der Waals surface area contributed by atoms with Crippen LogP contribution in [0, 0.1) is 6.92 Å². The number of carbonyl (C=O) groups is 2. The Kier molecular flexibility index (Phi) is 3.55. The van der Waals surface area contributed by atoms with Crippen molar-refractivity contribution in [3.8, 4) is 0 Å². The monoisotopic (exact) mass is 262 g/mol. The van der Waals surface area contributed by atoms with Crippen LogP contribution in [0.4, 0.5) is 0 Å². The number of aryl methyl sites for hydroxylation is 1. The molecule has 1 unspecified atom stereocenters. The molecule has 0 radical (unpaired) electrons. The van der Waals surface area contributed by atoms with Crippen molar-refractivity contribution in [3.63, 3.8) is 0 Å². The van der Waals surface area contributed by atoms with Gasteiger partial charge in [0.15, 0.2) is 0 Å². The number of aliphatic carboxylic acids is 1. The van der Waals surface area contributed by atoms with E-state index >= 15 is 0 Å². The van der Waals surface area contributed by atoms with E-state index in [1.807, 2.05) is 13.0 Å².